The van der Waals surface area contributed by atoms with Gasteiger partial charge in [0, 0.05) is 31.6 Å². The average Bonchev–Trinajstić information content (AvgIpc) is 2.59. The first-order valence-corrected chi connectivity index (χ1v) is 12.6. The lowest BCUT2D eigenvalue weighted by atomic mass is 9.92. The fourth-order valence-corrected chi connectivity index (χ4v) is 6.48. The molecule has 0 aromatic rings. The second-order valence-electron chi connectivity index (χ2n) is 7.69. The lowest BCUT2D eigenvalue weighted by Gasteiger charge is -2.31. The van der Waals surface area contributed by atoms with Gasteiger partial charge in [0.15, 0.2) is 5.78 Å². The minimum atomic E-state index is -0.420. The number of thioether (sulfide) groups is 2. The van der Waals surface area contributed by atoms with Crippen LogP contribution < -0.4 is 0 Å². The molecule has 0 aromatic carbocycles. The van der Waals surface area contributed by atoms with Crippen molar-refractivity contribution in [2.45, 2.75) is 78.7 Å². The van der Waals surface area contributed by atoms with Crippen molar-refractivity contribution in [2.24, 2.45) is 5.41 Å². The molecule has 0 aliphatic rings. The molecule has 0 radical (unpaired) electrons. The van der Waals surface area contributed by atoms with Gasteiger partial charge in [-0.15, -0.1) is 0 Å². The van der Waals surface area contributed by atoms with E-state index in [1.807, 2.05) is 20.8 Å². The van der Waals surface area contributed by atoms with Crippen LogP contribution >= 0.6 is 48.0 Å². The quantitative estimate of drug-likeness (QED) is 0.272. The van der Waals surface area contributed by atoms with Crippen molar-refractivity contribution >= 4 is 62.4 Å². The highest BCUT2D eigenvalue weighted by Gasteiger charge is 2.34. The van der Waals surface area contributed by atoms with Crippen molar-refractivity contribution in [3.63, 3.8) is 0 Å². The molecule has 0 fully saturated rings. The second-order valence-corrected chi connectivity index (χ2v) is 11.5. The lowest BCUT2D eigenvalue weighted by molar-refractivity contribution is -0.124. The SMILES string of the molecule is CCCN(CCC)C(=S)SC(SC(=S)N(CCC)CCC)C(=O)C(C)(C)C. The summed E-state index contributed by atoms with van der Waals surface area (Å²) in [6.45, 7) is 18.3. The molecule has 0 rings (SSSR count). The molecule has 0 unspecified atom stereocenters. The van der Waals surface area contributed by atoms with Crippen molar-refractivity contribution in [3.8, 4) is 0 Å². The predicted octanol–water partition coefficient (Wildman–Crippen LogP) is 6.21. The molecule has 0 aliphatic carbocycles. The third-order valence-corrected chi connectivity index (χ3v) is 7.31. The number of carbonyl (C=O) groups excluding carboxylic acids is 1. The van der Waals surface area contributed by atoms with Gasteiger partial charge in [0.05, 0.1) is 0 Å². The van der Waals surface area contributed by atoms with Crippen molar-refractivity contribution in [2.75, 3.05) is 26.2 Å². The Morgan fingerprint density at radius 2 is 1.07 bits per heavy atom. The van der Waals surface area contributed by atoms with Gasteiger partial charge >= 0.3 is 0 Å². The van der Waals surface area contributed by atoms with E-state index in [0.29, 0.717) is 0 Å². The molecular formula is C20H38N2OS4. The highest BCUT2D eigenvalue weighted by molar-refractivity contribution is 8.37. The molecule has 0 saturated heterocycles. The minimum absolute atomic E-state index is 0.197. The number of nitrogens with zero attached hydrogens (tertiary/aromatic N) is 2. The Balaban J connectivity index is 5.37. The number of hydrogen-bond acceptors (Lipinski definition) is 5. The van der Waals surface area contributed by atoms with Gasteiger partial charge < -0.3 is 9.80 Å². The molecule has 0 amide bonds. The zero-order valence-corrected chi connectivity index (χ0v) is 21.4. The topological polar surface area (TPSA) is 23.6 Å². The lowest BCUT2D eigenvalue weighted by Crippen LogP contribution is -2.37. The highest BCUT2D eigenvalue weighted by Crippen LogP contribution is 2.35. The van der Waals surface area contributed by atoms with Gasteiger partial charge in [0.2, 0.25) is 0 Å². The van der Waals surface area contributed by atoms with E-state index >= 15 is 0 Å². The van der Waals surface area contributed by atoms with Crippen LogP contribution in [0.25, 0.3) is 0 Å². The van der Waals surface area contributed by atoms with Gasteiger partial charge in [0.25, 0.3) is 0 Å². The van der Waals surface area contributed by atoms with E-state index in [2.05, 4.69) is 37.5 Å². The molecule has 0 aromatic heterocycles. The largest absolute Gasteiger partial charge is 0.358 e. The molecule has 0 aliphatic heterocycles. The maximum absolute atomic E-state index is 13.1. The van der Waals surface area contributed by atoms with E-state index in [4.69, 9.17) is 24.4 Å². The Hall–Kier alpha value is 0.150. The third-order valence-electron chi connectivity index (χ3n) is 3.86. The molecule has 27 heavy (non-hydrogen) atoms. The maximum Gasteiger partial charge on any atom is 0.161 e. The number of carbonyl (C=O) groups is 1. The summed E-state index contributed by atoms with van der Waals surface area (Å²) in [4.78, 5) is 17.6. The Labute approximate surface area is 186 Å². The van der Waals surface area contributed by atoms with Crippen LogP contribution in [0, 0.1) is 5.41 Å². The molecule has 7 heteroatoms. The van der Waals surface area contributed by atoms with Crippen LogP contribution in [-0.4, -0.2) is 55.0 Å². The average molecular weight is 451 g/mol. The number of hydrogen-bond donors (Lipinski definition) is 0. The maximum atomic E-state index is 13.1. The second kappa shape index (κ2) is 14.2. The van der Waals surface area contributed by atoms with Crippen LogP contribution in [-0.2, 0) is 4.79 Å². The monoisotopic (exact) mass is 450 g/mol. The van der Waals surface area contributed by atoms with Gasteiger partial charge in [-0.3, -0.25) is 4.79 Å². The van der Waals surface area contributed by atoms with E-state index in [1.165, 1.54) is 23.5 Å². The predicted molar refractivity (Wildman–Crippen MR) is 133 cm³/mol. The van der Waals surface area contributed by atoms with Crippen molar-refractivity contribution in [3.05, 3.63) is 0 Å². The summed E-state index contributed by atoms with van der Waals surface area (Å²) >= 11 is 14.4. The molecule has 0 bridgehead atoms. The molecule has 0 heterocycles. The summed E-state index contributed by atoms with van der Waals surface area (Å²) in [7, 11) is 0. The van der Waals surface area contributed by atoms with Gasteiger partial charge in [-0.2, -0.15) is 0 Å². The zero-order chi connectivity index (χ0) is 21.0. The van der Waals surface area contributed by atoms with Gasteiger partial charge in [-0.1, -0.05) is 96.4 Å². The molecule has 3 nitrogen and oxygen atoms in total. The molecule has 0 N–H and O–H groups in total. The summed E-state index contributed by atoms with van der Waals surface area (Å²) in [6.07, 6.45) is 4.19. The highest BCUT2D eigenvalue weighted by atomic mass is 32.2. The Morgan fingerprint density at radius 3 is 1.30 bits per heavy atom. The molecular weight excluding hydrogens is 413 g/mol. The molecule has 0 spiro atoms. The normalized spacial score (nSPS) is 11.6. The fourth-order valence-electron chi connectivity index (χ4n) is 2.49. The summed E-state index contributed by atoms with van der Waals surface area (Å²) in [5.74, 6) is 0.197. The number of thiocarbonyl (C=S) groups is 2. The van der Waals surface area contributed by atoms with E-state index in [1.54, 1.807) is 0 Å². The van der Waals surface area contributed by atoms with E-state index < -0.39 is 5.41 Å². The van der Waals surface area contributed by atoms with Crippen LogP contribution in [0.3, 0.4) is 0 Å². The number of ketones is 1. The van der Waals surface area contributed by atoms with Gasteiger partial charge in [-0.05, 0) is 25.7 Å². The van der Waals surface area contributed by atoms with Crippen molar-refractivity contribution < 1.29 is 4.79 Å². The third kappa shape index (κ3) is 10.5. The van der Waals surface area contributed by atoms with Crippen LogP contribution in [0.4, 0.5) is 0 Å². The molecule has 158 valence electrons. The van der Waals surface area contributed by atoms with E-state index in [9.17, 15) is 4.79 Å². The van der Waals surface area contributed by atoms with Crippen LogP contribution in [0.1, 0.15) is 74.1 Å². The van der Waals surface area contributed by atoms with E-state index in [-0.39, 0.29) is 10.4 Å². The first-order valence-electron chi connectivity index (χ1n) is 10.1. The Bertz CT molecular complexity index is 435. The summed E-state index contributed by atoms with van der Waals surface area (Å²) < 4.78 is 1.33. The van der Waals surface area contributed by atoms with Crippen molar-refractivity contribution in [1.29, 1.82) is 0 Å². The van der Waals surface area contributed by atoms with Crippen LogP contribution in [0.5, 0.6) is 0 Å². The standard InChI is InChI=1S/C20H38N2OS4/c1-8-12-21(13-9-2)18(24)26-17(16(23)20(5,6)7)27-19(25)22(14-10-3)15-11-4/h17H,8-15H2,1-7H3. The summed E-state index contributed by atoms with van der Waals surface area (Å²) in [6, 6.07) is 0. The Kier molecular flexibility index (Phi) is 14.3. The first-order chi connectivity index (χ1) is 12.6. The smallest absolute Gasteiger partial charge is 0.161 e. The zero-order valence-electron chi connectivity index (χ0n) is 18.2. The number of rotatable bonds is 11. The fraction of sp³-hybridized carbons (Fsp3) is 0.850. The van der Waals surface area contributed by atoms with Crippen LogP contribution in [0.2, 0.25) is 0 Å². The van der Waals surface area contributed by atoms with Crippen LogP contribution in [0.15, 0.2) is 0 Å². The summed E-state index contributed by atoms with van der Waals surface area (Å²) in [5.41, 5.74) is -0.420. The van der Waals surface area contributed by atoms with Gasteiger partial charge in [0.1, 0.15) is 13.2 Å². The molecule has 0 atom stereocenters. The van der Waals surface area contributed by atoms with E-state index in [0.717, 1.165) is 60.5 Å². The Morgan fingerprint density at radius 1 is 0.778 bits per heavy atom. The summed E-state index contributed by atoms with van der Waals surface area (Å²) in [5, 5.41) is 0. The van der Waals surface area contributed by atoms with Crippen molar-refractivity contribution in [1.82, 2.24) is 9.80 Å². The minimum Gasteiger partial charge on any atom is -0.358 e. The number of Topliss-reactive ketones (excluding diaryl/α,β-unsaturated/α-hetero) is 1. The first kappa shape index (κ1) is 27.1. The molecule has 0 saturated carbocycles. The van der Waals surface area contributed by atoms with Gasteiger partial charge in [-0.25, -0.2) is 0 Å².